The number of esters is 1. The van der Waals surface area contributed by atoms with Crippen molar-refractivity contribution in [2.45, 2.75) is 46.2 Å². The van der Waals surface area contributed by atoms with Gasteiger partial charge in [0.2, 0.25) is 0 Å². The fraction of sp³-hybridized carbons (Fsp3) is 0.273. The molecule has 0 bridgehead atoms. The number of hydrogen-bond acceptors (Lipinski definition) is 6. The summed E-state index contributed by atoms with van der Waals surface area (Å²) in [4.78, 5) is 45.6. The molecule has 2 amide bonds. The number of benzene rings is 2. The molecule has 2 N–H and O–H groups in total. The molecule has 1 aliphatic rings. The van der Waals surface area contributed by atoms with E-state index in [2.05, 4.69) is 10.6 Å². The van der Waals surface area contributed by atoms with Crippen molar-refractivity contribution in [2.75, 3.05) is 6.61 Å². The first-order valence-corrected chi connectivity index (χ1v) is 15.0. The SMILES string of the molecule is CCOC(=O)c1c(CCc2ccc(F)cc2)nc2c(c1-c1ccc(C(=O)NCc3ccc(F)c(F)c3)s1)C(=O)N[C@H]2C(C)C. The summed E-state index contributed by atoms with van der Waals surface area (Å²) >= 11 is 1.08. The molecule has 3 heterocycles. The van der Waals surface area contributed by atoms with Crippen molar-refractivity contribution in [3.63, 3.8) is 0 Å². The zero-order chi connectivity index (χ0) is 31.5. The van der Waals surface area contributed by atoms with E-state index < -0.39 is 29.6 Å². The van der Waals surface area contributed by atoms with Crippen molar-refractivity contribution >= 4 is 29.1 Å². The summed E-state index contributed by atoms with van der Waals surface area (Å²) in [6.45, 7) is 5.65. The molecule has 0 fully saturated rings. The number of ether oxygens (including phenoxy) is 1. The standard InChI is InChI=1S/C33H30F3N3O4S/c1-4-43-33(42)26-23(12-8-18-5-9-20(34)10-6-18)38-30-28(32(41)39-29(30)17(2)3)27(26)24-13-14-25(44-24)31(40)37-16-19-7-11-21(35)22(36)15-19/h5-7,9-11,13-15,17,29H,4,8,12,16H2,1-3H3,(H,37,40)(H,39,41)/t29-/m0/s1. The van der Waals surface area contributed by atoms with Crippen LogP contribution in [0.1, 0.15) is 79.7 Å². The number of pyridine rings is 1. The minimum Gasteiger partial charge on any atom is -0.462 e. The van der Waals surface area contributed by atoms with E-state index in [0.29, 0.717) is 40.2 Å². The van der Waals surface area contributed by atoms with Crippen molar-refractivity contribution in [1.29, 1.82) is 0 Å². The van der Waals surface area contributed by atoms with Crippen LogP contribution in [0.5, 0.6) is 0 Å². The van der Waals surface area contributed by atoms with Crippen LogP contribution in [0.4, 0.5) is 13.2 Å². The second-order valence-corrected chi connectivity index (χ2v) is 11.8. The van der Waals surface area contributed by atoms with Crippen LogP contribution in [-0.4, -0.2) is 29.4 Å². The predicted octanol–water partition coefficient (Wildman–Crippen LogP) is 6.56. The molecule has 2 aromatic carbocycles. The van der Waals surface area contributed by atoms with E-state index in [0.717, 1.165) is 29.0 Å². The van der Waals surface area contributed by atoms with E-state index in [1.54, 1.807) is 31.2 Å². The second-order valence-electron chi connectivity index (χ2n) is 10.7. The number of amides is 2. The first-order valence-electron chi connectivity index (χ1n) is 14.2. The Morgan fingerprint density at radius 3 is 2.39 bits per heavy atom. The summed E-state index contributed by atoms with van der Waals surface area (Å²) in [5.74, 6) is -3.84. The smallest absolute Gasteiger partial charge is 0.340 e. The van der Waals surface area contributed by atoms with Crippen LogP contribution >= 0.6 is 11.3 Å². The summed E-state index contributed by atoms with van der Waals surface area (Å²) in [7, 11) is 0. The van der Waals surface area contributed by atoms with Crippen molar-refractivity contribution in [3.05, 3.63) is 111 Å². The Bertz CT molecular complexity index is 1740. The van der Waals surface area contributed by atoms with E-state index in [1.165, 1.54) is 18.2 Å². The molecule has 0 saturated heterocycles. The zero-order valence-corrected chi connectivity index (χ0v) is 25.1. The van der Waals surface area contributed by atoms with Crippen molar-refractivity contribution < 1.29 is 32.3 Å². The van der Waals surface area contributed by atoms with Gasteiger partial charge in [-0.2, -0.15) is 0 Å². The fourth-order valence-electron chi connectivity index (χ4n) is 5.15. The second kappa shape index (κ2) is 13.0. The molecule has 1 atom stereocenters. The highest BCUT2D eigenvalue weighted by Gasteiger charge is 2.39. The van der Waals surface area contributed by atoms with Gasteiger partial charge in [0.25, 0.3) is 11.8 Å². The van der Waals surface area contributed by atoms with Crippen LogP contribution in [0.3, 0.4) is 0 Å². The summed E-state index contributed by atoms with van der Waals surface area (Å²) in [5.41, 5.74) is 2.91. The van der Waals surface area contributed by atoms with E-state index in [4.69, 9.17) is 9.72 Å². The maximum absolute atomic E-state index is 13.6. The van der Waals surface area contributed by atoms with E-state index in [-0.39, 0.29) is 46.8 Å². The Labute approximate surface area is 256 Å². The molecule has 4 aromatic rings. The maximum Gasteiger partial charge on any atom is 0.340 e. The van der Waals surface area contributed by atoms with Crippen molar-refractivity contribution in [2.24, 2.45) is 5.92 Å². The minimum absolute atomic E-state index is 0.0000790. The fourth-order valence-corrected chi connectivity index (χ4v) is 6.13. The lowest BCUT2D eigenvalue weighted by molar-refractivity contribution is 0.0525. The third kappa shape index (κ3) is 6.37. The number of carbonyl (C=O) groups is 3. The Morgan fingerprint density at radius 2 is 1.70 bits per heavy atom. The van der Waals surface area contributed by atoms with Crippen LogP contribution in [0.2, 0.25) is 0 Å². The number of nitrogens with one attached hydrogen (secondary N) is 2. The Kier molecular flexibility index (Phi) is 9.14. The summed E-state index contributed by atoms with van der Waals surface area (Å²) < 4.78 is 45.9. The average molecular weight is 622 g/mol. The number of hydrogen-bond donors (Lipinski definition) is 2. The molecule has 2 aromatic heterocycles. The van der Waals surface area contributed by atoms with Gasteiger partial charge in [0.1, 0.15) is 5.82 Å². The Balaban J connectivity index is 1.56. The number of carbonyl (C=O) groups excluding carboxylic acids is 3. The van der Waals surface area contributed by atoms with Crippen LogP contribution in [-0.2, 0) is 24.1 Å². The molecule has 0 radical (unpaired) electrons. The quantitative estimate of drug-likeness (QED) is 0.196. The molecule has 0 unspecified atom stereocenters. The van der Waals surface area contributed by atoms with Gasteiger partial charge in [0.05, 0.1) is 40.0 Å². The predicted molar refractivity (Wildman–Crippen MR) is 160 cm³/mol. The van der Waals surface area contributed by atoms with Gasteiger partial charge < -0.3 is 15.4 Å². The molecule has 0 saturated carbocycles. The van der Waals surface area contributed by atoms with Gasteiger partial charge in [-0.3, -0.25) is 14.6 Å². The van der Waals surface area contributed by atoms with Gasteiger partial charge in [-0.25, -0.2) is 18.0 Å². The van der Waals surface area contributed by atoms with Gasteiger partial charge in [-0.1, -0.05) is 32.0 Å². The van der Waals surface area contributed by atoms with Crippen LogP contribution in [0, 0.1) is 23.4 Å². The van der Waals surface area contributed by atoms with Crippen LogP contribution in [0.15, 0.2) is 54.6 Å². The molecule has 0 aliphatic carbocycles. The molecule has 11 heteroatoms. The average Bonchev–Trinajstić information content (AvgIpc) is 3.62. The van der Waals surface area contributed by atoms with Gasteiger partial charge in [0, 0.05) is 17.0 Å². The summed E-state index contributed by atoms with van der Waals surface area (Å²) in [6, 6.07) is 12.3. The molecule has 228 valence electrons. The summed E-state index contributed by atoms with van der Waals surface area (Å²) in [5, 5.41) is 5.68. The molecular formula is C33H30F3N3O4S. The van der Waals surface area contributed by atoms with Crippen molar-refractivity contribution in [3.8, 4) is 10.4 Å². The number of rotatable bonds is 10. The lowest BCUT2D eigenvalue weighted by atomic mass is 9.92. The first kappa shape index (κ1) is 30.9. The molecule has 7 nitrogen and oxygen atoms in total. The van der Waals surface area contributed by atoms with Crippen LogP contribution in [0.25, 0.3) is 10.4 Å². The molecule has 0 spiro atoms. The largest absolute Gasteiger partial charge is 0.462 e. The number of halogens is 3. The number of thiophene rings is 1. The van der Waals surface area contributed by atoms with E-state index >= 15 is 0 Å². The van der Waals surface area contributed by atoms with Gasteiger partial charge in [-0.15, -0.1) is 11.3 Å². The molecule has 5 rings (SSSR count). The third-order valence-electron chi connectivity index (χ3n) is 7.33. The highest BCUT2D eigenvalue weighted by atomic mass is 32.1. The van der Waals surface area contributed by atoms with E-state index in [1.807, 2.05) is 13.8 Å². The number of aromatic nitrogens is 1. The highest BCUT2D eigenvalue weighted by molar-refractivity contribution is 7.17. The van der Waals surface area contributed by atoms with Crippen molar-refractivity contribution in [1.82, 2.24) is 15.6 Å². The number of nitrogens with zero attached hydrogens (tertiary/aromatic N) is 1. The summed E-state index contributed by atoms with van der Waals surface area (Å²) in [6.07, 6.45) is 0.764. The Hall–Kier alpha value is -4.51. The highest BCUT2D eigenvalue weighted by Crippen LogP contribution is 2.42. The van der Waals surface area contributed by atoms with E-state index in [9.17, 15) is 27.6 Å². The first-order chi connectivity index (χ1) is 21.1. The maximum atomic E-state index is 13.6. The molecular weight excluding hydrogens is 591 g/mol. The molecule has 1 aliphatic heterocycles. The monoisotopic (exact) mass is 621 g/mol. The minimum atomic E-state index is -1.01. The normalized spacial score (nSPS) is 14.0. The van der Waals surface area contributed by atoms with Gasteiger partial charge >= 0.3 is 5.97 Å². The lowest BCUT2D eigenvalue weighted by Gasteiger charge is -2.19. The van der Waals surface area contributed by atoms with Gasteiger partial charge in [0.15, 0.2) is 11.6 Å². The number of aryl methyl sites for hydroxylation is 2. The zero-order valence-electron chi connectivity index (χ0n) is 24.3. The molecule has 44 heavy (non-hydrogen) atoms. The van der Waals surface area contributed by atoms with Gasteiger partial charge in [-0.05, 0) is 73.2 Å². The Morgan fingerprint density at radius 1 is 0.977 bits per heavy atom. The third-order valence-corrected chi connectivity index (χ3v) is 8.43. The topological polar surface area (TPSA) is 97.4 Å². The lowest BCUT2D eigenvalue weighted by Crippen LogP contribution is -2.23. The number of fused-ring (bicyclic) bond motifs is 1. The van der Waals surface area contributed by atoms with Crippen LogP contribution < -0.4 is 10.6 Å².